The van der Waals surface area contributed by atoms with E-state index in [0.717, 1.165) is 5.52 Å². The van der Waals surface area contributed by atoms with Crippen LogP contribution in [0.1, 0.15) is 12.7 Å². The zero-order chi connectivity index (χ0) is 20.5. The summed E-state index contributed by atoms with van der Waals surface area (Å²) in [5.74, 6) is 0.191. The Morgan fingerprint density at radius 3 is 2.52 bits per heavy atom. The van der Waals surface area contributed by atoms with Gasteiger partial charge in [-0.1, -0.05) is 24.3 Å². The van der Waals surface area contributed by atoms with Gasteiger partial charge in [0.15, 0.2) is 0 Å². The van der Waals surface area contributed by atoms with Crippen LogP contribution in [0.5, 0.6) is 0 Å². The van der Waals surface area contributed by atoms with Gasteiger partial charge in [0.25, 0.3) is 5.56 Å². The van der Waals surface area contributed by atoms with Crippen LogP contribution in [0.4, 0.5) is 0 Å². The van der Waals surface area contributed by atoms with Gasteiger partial charge < -0.3 is 9.88 Å². The molecule has 0 unspecified atom stereocenters. The number of aryl methyl sites for hydroxylation is 1. The molecular formula is C21H21N5O3. The molecule has 0 radical (unpaired) electrons. The van der Waals surface area contributed by atoms with E-state index in [1.165, 1.54) is 9.13 Å². The van der Waals surface area contributed by atoms with Crippen LogP contribution in [0.3, 0.4) is 0 Å². The molecule has 29 heavy (non-hydrogen) atoms. The maximum absolute atomic E-state index is 12.9. The van der Waals surface area contributed by atoms with E-state index in [1.807, 2.05) is 37.3 Å². The third-order valence-electron chi connectivity index (χ3n) is 5.08. The van der Waals surface area contributed by atoms with E-state index >= 15 is 0 Å². The predicted octanol–water partition coefficient (Wildman–Crippen LogP) is 1.63. The number of amides is 1. The number of carbonyl (C=O) groups excluding carboxylic acids is 1. The summed E-state index contributed by atoms with van der Waals surface area (Å²) in [7, 11) is 1.69. The first-order chi connectivity index (χ1) is 14.0. The molecule has 1 N–H and O–H groups in total. The molecule has 8 heteroatoms. The summed E-state index contributed by atoms with van der Waals surface area (Å²) in [5, 5.41) is 0.507. The van der Waals surface area contributed by atoms with Crippen LogP contribution in [0.2, 0.25) is 0 Å². The van der Waals surface area contributed by atoms with Gasteiger partial charge in [-0.15, -0.1) is 0 Å². The molecule has 148 valence electrons. The molecule has 0 fully saturated rings. The largest absolute Gasteiger partial charge is 0.334 e. The van der Waals surface area contributed by atoms with E-state index < -0.39 is 0 Å². The monoisotopic (exact) mass is 391 g/mol. The van der Waals surface area contributed by atoms with Gasteiger partial charge in [-0.2, -0.15) is 0 Å². The van der Waals surface area contributed by atoms with Crippen LogP contribution < -0.4 is 11.2 Å². The van der Waals surface area contributed by atoms with Gasteiger partial charge in [-0.05, 0) is 31.2 Å². The summed E-state index contributed by atoms with van der Waals surface area (Å²) in [6.45, 7) is 2.36. The normalized spacial score (nSPS) is 11.2. The third kappa shape index (κ3) is 3.33. The van der Waals surface area contributed by atoms with Crippen molar-refractivity contribution in [2.24, 2.45) is 7.05 Å². The number of para-hydroxylation sites is 3. The number of rotatable bonds is 5. The molecule has 2 aromatic carbocycles. The minimum atomic E-state index is -0.243. The Labute approximate surface area is 166 Å². The number of aromatic amines is 1. The molecule has 2 aromatic heterocycles. The molecule has 2 heterocycles. The fourth-order valence-electron chi connectivity index (χ4n) is 3.52. The summed E-state index contributed by atoms with van der Waals surface area (Å²) < 4.78 is 3.00. The van der Waals surface area contributed by atoms with Crippen molar-refractivity contribution < 1.29 is 4.79 Å². The second-order valence-corrected chi connectivity index (χ2v) is 6.85. The van der Waals surface area contributed by atoms with Crippen LogP contribution in [-0.4, -0.2) is 36.5 Å². The Morgan fingerprint density at radius 2 is 1.76 bits per heavy atom. The van der Waals surface area contributed by atoms with Crippen LogP contribution >= 0.6 is 0 Å². The van der Waals surface area contributed by atoms with Gasteiger partial charge in [0.1, 0.15) is 12.4 Å². The SMILES string of the molecule is CCN(Cc1nc2ccccc2c(=O)[nH]1)C(=O)Cn1c(=O)n(C)c2ccccc21. The van der Waals surface area contributed by atoms with Crippen molar-refractivity contribution in [3.63, 3.8) is 0 Å². The summed E-state index contributed by atoms with van der Waals surface area (Å²) in [4.78, 5) is 46.6. The van der Waals surface area contributed by atoms with Gasteiger partial charge in [-0.3, -0.25) is 18.7 Å². The number of aromatic nitrogens is 4. The molecule has 0 bridgehead atoms. The van der Waals surface area contributed by atoms with E-state index in [1.54, 1.807) is 30.1 Å². The molecular weight excluding hydrogens is 370 g/mol. The number of hydrogen-bond acceptors (Lipinski definition) is 4. The minimum Gasteiger partial charge on any atom is -0.334 e. The number of carbonyl (C=O) groups is 1. The number of hydrogen-bond donors (Lipinski definition) is 1. The molecule has 4 aromatic rings. The van der Waals surface area contributed by atoms with Crippen LogP contribution in [0.15, 0.2) is 58.1 Å². The first-order valence-electron chi connectivity index (χ1n) is 9.39. The second kappa shape index (κ2) is 7.38. The van der Waals surface area contributed by atoms with E-state index in [-0.39, 0.29) is 30.2 Å². The fourth-order valence-corrected chi connectivity index (χ4v) is 3.52. The number of nitrogens with zero attached hydrogens (tertiary/aromatic N) is 4. The Bertz CT molecular complexity index is 1330. The minimum absolute atomic E-state index is 0.0775. The zero-order valence-electron chi connectivity index (χ0n) is 16.3. The van der Waals surface area contributed by atoms with Crippen molar-refractivity contribution in [2.75, 3.05) is 6.54 Å². The van der Waals surface area contributed by atoms with E-state index in [2.05, 4.69) is 9.97 Å². The highest BCUT2D eigenvalue weighted by Crippen LogP contribution is 2.12. The molecule has 0 saturated heterocycles. The van der Waals surface area contributed by atoms with Crippen LogP contribution in [0.25, 0.3) is 21.9 Å². The molecule has 4 rings (SSSR count). The third-order valence-corrected chi connectivity index (χ3v) is 5.08. The summed E-state index contributed by atoms with van der Waals surface area (Å²) in [5.41, 5.74) is 1.59. The van der Waals surface area contributed by atoms with Crippen molar-refractivity contribution >= 4 is 27.8 Å². The highest BCUT2D eigenvalue weighted by Gasteiger charge is 2.18. The van der Waals surface area contributed by atoms with E-state index in [9.17, 15) is 14.4 Å². The van der Waals surface area contributed by atoms with Gasteiger partial charge in [0.2, 0.25) is 5.91 Å². The number of imidazole rings is 1. The second-order valence-electron chi connectivity index (χ2n) is 6.85. The molecule has 0 aliphatic heterocycles. The lowest BCUT2D eigenvalue weighted by Gasteiger charge is -2.20. The van der Waals surface area contributed by atoms with Gasteiger partial charge in [-0.25, -0.2) is 9.78 Å². The quantitative estimate of drug-likeness (QED) is 0.560. The highest BCUT2D eigenvalue weighted by molar-refractivity contribution is 5.81. The van der Waals surface area contributed by atoms with Crippen molar-refractivity contribution in [2.45, 2.75) is 20.0 Å². The summed E-state index contributed by atoms with van der Waals surface area (Å²) >= 11 is 0. The highest BCUT2D eigenvalue weighted by atomic mass is 16.2. The summed E-state index contributed by atoms with van der Waals surface area (Å²) in [6.07, 6.45) is 0. The lowest BCUT2D eigenvalue weighted by molar-refractivity contribution is -0.132. The van der Waals surface area contributed by atoms with Crippen molar-refractivity contribution in [3.05, 3.63) is 75.2 Å². The first kappa shape index (κ1) is 18.7. The van der Waals surface area contributed by atoms with Crippen LogP contribution in [-0.2, 0) is 24.9 Å². The van der Waals surface area contributed by atoms with Gasteiger partial charge in [0, 0.05) is 13.6 Å². The lowest BCUT2D eigenvalue weighted by atomic mass is 10.2. The Morgan fingerprint density at radius 1 is 1.07 bits per heavy atom. The van der Waals surface area contributed by atoms with Crippen molar-refractivity contribution in [1.82, 2.24) is 24.0 Å². The van der Waals surface area contributed by atoms with Crippen LogP contribution in [0, 0.1) is 0 Å². The zero-order valence-corrected chi connectivity index (χ0v) is 16.3. The predicted molar refractivity (Wildman–Crippen MR) is 111 cm³/mol. The van der Waals surface area contributed by atoms with Gasteiger partial charge in [0.05, 0.1) is 28.5 Å². The Balaban J connectivity index is 1.62. The molecule has 0 saturated carbocycles. The van der Waals surface area contributed by atoms with Gasteiger partial charge >= 0.3 is 5.69 Å². The molecule has 0 aliphatic carbocycles. The molecule has 1 amide bonds. The Kier molecular flexibility index (Phi) is 4.75. The van der Waals surface area contributed by atoms with E-state index in [4.69, 9.17) is 0 Å². The van der Waals surface area contributed by atoms with Crippen molar-refractivity contribution in [1.29, 1.82) is 0 Å². The maximum Gasteiger partial charge on any atom is 0.329 e. The Hall–Kier alpha value is -3.68. The number of H-pyrrole nitrogens is 1. The average Bonchev–Trinajstić information content (AvgIpc) is 2.97. The smallest absolute Gasteiger partial charge is 0.329 e. The summed E-state index contributed by atoms with van der Waals surface area (Å²) in [6, 6.07) is 14.4. The standard InChI is InChI=1S/C21H21N5O3/c1-3-25(12-18-22-15-9-5-4-8-14(15)20(28)23-18)19(27)13-26-17-11-7-6-10-16(17)24(2)21(26)29/h4-11H,3,12-13H2,1-2H3,(H,22,23,28). The molecule has 8 nitrogen and oxygen atoms in total. The number of likely N-dealkylation sites (N-methyl/N-ethyl adjacent to an activating group) is 1. The van der Waals surface area contributed by atoms with E-state index in [0.29, 0.717) is 28.8 Å². The lowest BCUT2D eigenvalue weighted by Crippen LogP contribution is -2.37. The molecule has 0 atom stereocenters. The maximum atomic E-state index is 12.9. The fraction of sp³-hybridized carbons (Fsp3) is 0.238. The van der Waals surface area contributed by atoms with Crippen molar-refractivity contribution in [3.8, 4) is 0 Å². The molecule has 0 aliphatic rings. The number of benzene rings is 2. The number of nitrogens with one attached hydrogen (secondary N) is 1. The first-order valence-corrected chi connectivity index (χ1v) is 9.39. The number of fused-ring (bicyclic) bond motifs is 2. The average molecular weight is 391 g/mol. The molecule has 0 spiro atoms. The topological polar surface area (TPSA) is 93.0 Å².